The third-order valence-electron chi connectivity index (χ3n) is 4.72. The van der Waals surface area contributed by atoms with Gasteiger partial charge in [0.1, 0.15) is 5.69 Å². The maximum absolute atomic E-state index is 12.8. The van der Waals surface area contributed by atoms with Crippen molar-refractivity contribution in [2.75, 3.05) is 11.9 Å². The summed E-state index contributed by atoms with van der Waals surface area (Å²) in [5, 5.41) is 6.53. The SMILES string of the molecule is Cn1c(C(=O)Nc2cccc(CN3C(=O)CNC3=O)c2)c(Cl)c2ccccc21. The molecule has 8 heteroatoms. The smallest absolute Gasteiger partial charge is 0.324 e. The summed E-state index contributed by atoms with van der Waals surface area (Å²) in [5.74, 6) is -0.613. The number of amides is 4. The van der Waals surface area contributed by atoms with Gasteiger partial charge in [-0.25, -0.2) is 4.79 Å². The van der Waals surface area contributed by atoms with Crippen LogP contribution in [0.4, 0.5) is 10.5 Å². The molecule has 3 aromatic rings. The number of benzene rings is 2. The molecule has 0 radical (unpaired) electrons. The van der Waals surface area contributed by atoms with Crippen LogP contribution in [0, 0.1) is 0 Å². The van der Waals surface area contributed by atoms with Gasteiger partial charge in [0.2, 0.25) is 5.91 Å². The zero-order chi connectivity index (χ0) is 19.8. The molecule has 1 aliphatic rings. The van der Waals surface area contributed by atoms with E-state index in [4.69, 9.17) is 11.6 Å². The lowest BCUT2D eigenvalue weighted by Gasteiger charge is -2.13. The number of nitrogens with zero attached hydrogens (tertiary/aromatic N) is 2. The standard InChI is InChI=1S/C20H17ClN4O3/c1-24-15-8-3-2-7-14(15)17(21)18(24)19(27)23-13-6-4-5-12(9-13)11-25-16(26)10-22-20(25)28/h2-9H,10-11H2,1H3,(H,22,28)(H,23,27). The monoisotopic (exact) mass is 396 g/mol. The van der Waals surface area contributed by atoms with E-state index >= 15 is 0 Å². The van der Waals surface area contributed by atoms with Crippen molar-refractivity contribution in [1.29, 1.82) is 0 Å². The Morgan fingerprint density at radius 3 is 2.68 bits per heavy atom. The van der Waals surface area contributed by atoms with Gasteiger partial charge in [0.25, 0.3) is 5.91 Å². The van der Waals surface area contributed by atoms with E-state index < -0.39 is 6.03 Å². The van der Waals surface area contributed by atoms with E-state index in [1.807, 2.05) is 24.3 Å². The first kappa shape index (κ1) is 18.1. The summed E-state index contributed by atoms with van der Waals surface area (Å²) in [5.41, 5.74) is 2.51. The van der Waals surface area contributed by atoms with Gasteiger partial charge in [-0.2, -0.15) is 0 Å². The summed E-state index contributed by atoms with van der Waals surface area (Å²) in [6.45, 7) is 0.151. The van der Waals surface area contributed by atoms with Gasteiger partial charge < -0.3 is 15.2 Å². The van der Waals surface area contributed by atoms with Crippen LogP contribution < -0.4 is 10.6 Å². The maximum atomic E-state index is 12.8. The molecular weight excluding hydrogens is 380 g/mol. The first-order chi connectivity index (χ1) is 13.5. The lowest BCUT2D eigenvalue weighted by atomic mass is 10.2. The van der Waals surface area contributed by atoms with E-state index in [1.165, 1.54) is 0 Å². The van der Waals surface area contributed by atoms with Crippen LogP contribution >= 0.6 is 11.6 Å². The summed E-state index contributed by atoms with van der Waals surface area (Å²) in [4.78, 5) is 37.4. The second-order valence-corrected chi connectivity index (χ2v) is 6.91. The minimum atomic E-state index is -0.415. The zero-order valence-corrected chi connectivity index (χ0v) is 15.8. The Bertz CT molecular complexity index is 1070. The average Bonchev–Trinajstić information content (AvgIpc) is 3.13. The summed E-state index contributed by atoms with van der Waals surface area (Å²) < 4.78 is 1.75. The highest BCUT2D eigenvalue weighted by atomic mass is 35.5. The number of carbonyl (C=O) groups is 3. The van der Waals surface area contributed by atoms with E-state index in [0.717, 1.165) is 21.4 Å². The molecule has 0 spiro atoms. The number of hydrogen-bond donors (Lipinski definition) is 2. The van der Waals surface area contributed by atoms with Crippen molar-refractivity contribution in [1.82, 2.24) is 14.8 Å². The number of imide groups is 1. The maximum Gasteiger partial charge on any atom is 0.324 e. The molecule has 0 bridgehead atoms. The summed E-state index contributed by atoms with van der Waals surface area (Å²) >= 11 is 6.43. The van der Waals surface area contributed by atoms with Gasteiger partial charge in [0.05, 0.1) is 18.1 Å². The molecule has 0 aliphatic carbocycles. The van der Waals surface area contributed by atoms with Gasteiger partial charge in [-0.3, -0.25) is 14.5 Å². The fourth-order valence-corrected chi connectivity index (χ4v) is 3.71. The highest BCUT2D eigenvalue weighted by molar-refractivity contribution is 6.39. The zero-order valence-electron chi connectivity index (χ0n) is 15.0. The molecule has 1 aromatic heterocycles. The van der Waals surface area contributed by atoms with E-state index in [-0.39, 0.29) is 24.9 Å². The number of nitrogens with one attached hydrogen (secondary N) is 2. The van der Waals surface area contributed by atoms with E-state index in [1.54, 1.807) is 35.9 Å². The molecule has 0 saturated carbocycles. The van der Waals surface area contributed by atoms with Crippen LogP contribution in [-0.2, 0) is 18.4 Å². The minimum absolute atomic E-state index is 0.00874. The summed E-state index contributed by atoms with van der Waals surface area (Å²) in [6, 6.07) is 14.1. The normalized spacial score (nSPS) is 13.9. The summed E-state index contributed by atoms with van der Waals surface area (Å²) in [7, 11) is 1.79. The Balaban J connectivity index is 1.57. The Morgan fingerprint density at radius 1 is 1.18 bits per heavy atom. The first-order valence-electron chi connectivity index (χ1n) is 8.67. The number of halogens is 1. The number of aryl methyl sites for hydroxylation is 1. The van der Waals surface area contributed by atoms with Gasteiger partial charge in [-0.1, -0.05) is 41.9 Å². The number of aromatic nitrogens is 1. The van der Waals surface area contributed by atoms with Gasteiger partial charge >= 0.3 is 6.03 Å². The second-order valence-electron chi connectivity index (χ2n) is 6.53. The van der Waals surface area contributed by atoms with Crippen LogP contribution in [0.2, 0.25) is 5.02 Å². The van der Waals surface area contributed by atoms with Crippen LogP contribution in [0.3, 0.4) is 0 Å². The lowest BCUT2D eigenvalue weighted by Crippen LogP contribution is -2.30. The van der Waals surface area contributed by atoms with Crippen molar-refractivity contribution in [2.24, 2.45) is 7.05 Å². The Morgan fingerprint density at radius 2 is 1.96 bits per heavy atom. The number of fused-ring (bicyclic) bond motifs is 1. The van der Waals surface area contributed by atoms with E-state index in [0.29, 0.717) is 16.4 Å². The Hall–Kier alpha value is -3.32. The van der Waals surface area contributed by atoms with Crippen molar-refractivity contribution < 1.29 is 14.4 Å². The molecule has 142 valence electrons. The average molecular weight is 397 g/mol. The molecule has 2 heterocycles. The lowest BCUT2D eigenvalue weighted by molar-refractivity contribution is -0.125. The molecule has 2 N–H and O–H groups in total. The van der Waals surface area contributed by atoms with Gasteiger partial charge in [0.15, 0.2) is 0 Å². The topological polar surface area (TPSA) is 83.4 Å². The Kier molecular flexibility index (Phi) is 4.52. The second kappa shape index (κ2) is 7.01. The molecule has 0 unspecified atom stereocenters. The molecule has 28 heavy (non-hydrogen) atoms. The quantitative estimate of drug-likeness (QED) is 0.664. The van der Waals surface area contributed by atoms with Gasteiger partial charge in [-0.15, -0.1) is 0 Å². The highest BCUT2D eigenvalue weighted by Crippen LogP contribution is 2.30. The third kappa shape index (κ3) is 3.10. The minimum Gasteiger partial charge on any atom is -0.338 e. The van der Waals surface area contributed by atoms with E-state index in [2.05, 4.69) is 10.6 Å². The van der Waals surface area contributed by atoms with Crippen molar-refractivity contribution >= 4 is 46.0 Å². The van der Waals surface area contributed by atoms with Gasteiger partial charge in [0, 0.05) is 23.6 Å². The predicted molar refractivity (Wildman–Crippen MR) is 106 cm³/mol. The summed E-state index contributed by atoms with van der Waals surface area (Å²) in [6.07, 6.45) is 0. The van der Waals surface area contributed by atoms with Crippen molar-refractivity contribution in [3.63, 3.8) is 0 Å². The molecule has 1 aliphatic heterocycles. The predicted octanol–water partition coefficient (Wildman–Crippen LogP) is 3.14. The van der Waals surface area contributed by atoms with Crippen LogP contribution in [0.5, 0.6) is 0 Å². The van der Waals surface area contributed by atoms with Crippen molar-refractivity contribution in [3.8, 4) is 0 Å². The number of hydrogen-bond acceptors (Lipinski definition) is 3. The number of urea groups is 1. The molecule has 7 nitrogen and oxygen atoms in total. The fraction of sp³-hybridized carbons (Fsp3) is 0.150. The fourth-order valence-electron chi connectivity index (χ4n) is 3.33. The largest absolute Gasteiger partial charge is 0.338 e. The highest BCUT2D eigenvalue weighted by Gasteiger charge is 2.28. The molecule has 4 amide bonds. The molecular formula is C20H17ClN4O3. The molecule has 0 atom stereocenters. The van der Waals surface area contributed by atoms with Crippen molar-refractivity contribution in [2.45, 2.75) is 6.54 Å². The van der Waals surface area contributed by atoms with Crippen LogP contribution in [-0.4, -0.2) is 33.9 Å². The number of carbonyl (C=O) groups excluding carboxylic acids is 3. The Labute approximate surface area is 165 Å². The molecule has 1 saturated heterocycles. The van der Waals surface area contributed by atoms with E-state index in [9.17, 15) is 14.4 Å². The van der Waals surface area contributed by atoms with Crippen LogP contribution in [0.25, 0.3) is 10.9 Å². The third-order valence-corrected chi connectivity index (χ3v) is 5.11. The van der Waals surface area contributed by atoms with Crippen LogP contribution in [0.1, 0.15) is 16.1 Å². The van der Waals surface area contributed by atoms with Crippen LogP contribution in [0.15, 0.2) is 48.5 Å². The number of para-hydroxylation sites is 1. The van der Waals surface area contributed by atoms with Gasteiger partial charge in [-0.05, 0) is 23.8 Å². The molecule has 2 aromatic carbocycles. The first-order valence-corrected chi connectivity index (χ1v) is 9.05. The number of anilines is 1. The van der Waals surface area contributed by atoms with Crippen molar-refractivity contribution in [3.05, 3.63) is 64.8 Å². The number of rotatable bonds is 4. The molecule has 1 fully saturated rings. The molecule has 4 rings (SSSR count).